The summed E-state index contributed by atoms with van der Waals surface area (Å²) in [5.74, 6) is -0.368. The first-order valence-corrected chi connectivity index (χ1v) is 9.76. The summed E-state index contributed by atoms with van der Waals surface area (Å²) in [6.07, 6.45) is 1.68. The number of anilines is 1. The van der Waals surface area contributed by atoms with E-state index in [1.807, 2.05) is 0 Å². The Morgan fingerprint density at radius 2 is 1.80 bits per heavy atom. The highest BCUT2D eigenvalue weighted by molar-refractivity contribution is 6.30. The second kappa shape index (κ2) is 7.65. The quantitative estimate of drug-likeness (QED) is 0.575. The van der Waals surface area contributed by atoms with Crippen LogP contribution in [0.3, 0.4) is 0 Å². The molecule has 0 aromatic heterocycles. The molecule has 2 aromatic carbocycles. The first-order chi connectivity index (χ1) is 14.4. The topological polar surface area (TPSA) is 113 Å². The average Bonchev–Trinajstić information content (AvgIpc) is 2.74. The fraction of sp³-hybridized carbons (Fsp3) is 0.182. The molecule has 30 heavy (non-hydrogen) atoms. The first-order valence-electron chi connectivity index (χ1n) is 9.38. The van der Waals surface area contributed by atoms with Gasteiger partial charge in [-0.1, -0.05) is 23.7 Å². The van der Waals surface area contributed by atoms with Gasteiger partial charge in [-0.05, 0) is 42.7 Å². The van der Waals surface area contributed by atoms with Gasteiger partial charge in [0.15, 0.2) is 5.78 Å². The lowest BCUT2D eigenvalue weighted by molar-refractivity contribution is -0.384. The zero-order chi connectivity index (χ0) is 21.4. The highest BCUT2D eigenvalue weighted by Crippen LogP contribution is 2.46. The Balaban J connectivity index is 1.91. The van der Waals surface area contributed by atoms with Crippen molar-refractivity contribution in [2.45, 2.75) is 25.2 Å². The third-order valence-electron chi connectivity index (χ3n) is 5.44. The number of nitrogens with two attached hydrogens (primary N) is 1. The van der Waals surface area contributed by atoms with E-state index in [0.29, 0.717) is 35.5 Å². The van der Waals surface area contributed by atoms with Crippen molar-refractivity contribution >= 4 is 28.8 Å². The van der Waals surface area contributed by atoms with Crippen LogP contribution in [0.1, 0.15) is 30.7 Å². The molecule has 150 valence electrons. The molecule has 0 fully saturated rings. The molecule has 0 saturated carbocycles. The number of halogens is 1. The third-order valence-corrected chi connectivity index (χ3v) is 5.69. The van der Waals surface area contributed by atoms with Gasteiger partial charge in [-0.3, -0.25) is 19.8 Å². The molecule has 0 saturated heterocycles. The Bertz CT molecular complexity index is 1140. The number of nitro groups is 1. The van der Waals surface area contributed by atoms with Crippen molar-refractivity contribution in [3.05, 3.63) is 91.9 Å². The van der Waals surface area contributed by atoms with Crippen LogP contribution < -0.4 is 10.6 Å². The summed E-state index contributed by atoms with van der Waals surface area (Å²) in [5.41, 5.74) is 9.29. The van der Waals surface area contributed by atoms with Gasteiger partial charge in [-0.25, -0.2) is 0 Å². The first kappa shape index (κ1) is 19.7. The summed E-state index contributed by atoms with van der Waals surface area (Å²) in [5, 5.41) is 21.5. The van der Waals surface area contributed by atoms with E-state index in [-0.39, 0.29) is 22.9 Å². The number of nitriles is 1. The van der Waals surface area contributed by atoms with E-state index in [4.69, 9.17) is 17.3 Å². The summed E-state index contributed by atoms with van der Waals surface area (Å²) in [7, 11) is 0. The number of rotatable bonds is 3. The van der Waals surface area contributed by atoms with Crippen molar-refractivity contribution in [3.63, 3.8) is 0 Å². The van der Waals surface area contributed by atoms with Crippen LogP contribution in [0.15, 0.2) is 71.2 Å². The number of nitrogens with zero attached hydrogens (tertiary/aromatic N) is 3. The van der Waals surface area contributed by atoms with Crippen LogP contribution in [0, 0.1) is 21.4 Å². The highest BCUT2D eigenvalue weighted by Gasteiger charge is 2.40. The Hall–Kier alpha value is -3.63. The molecule has 4 rings (SSSR count). The smallest absolute Gasteiger partial charge is 0.269 e. The van der Waals surface area contributed by atoms with Gasteiger partial charge in [0.05, 0.1) is 22.5 Å². The van der Waals surface area contributed by atoms with E-state index < -0.39 is 10.8 Å². The minimum absolute atomic E-state index is 0.0247. The van der Waals surface area contributed by atoms with Crippen LogP contribution >= 0.6 is 11.6 Å². The number of carbonyl (C=O) groups is 1. The molecule has 1 aliphatic heterocycles. The van der Waals surface area contributed by atoms with E-state index in [9.17, 15) is 20.2 Å². The standard InChI is InChI=1S/C22H17ClN4O3/c23-14-6-4-13(5-7-14)20-17(12-24)22(25)26(18-2-1-3-19(28)21(18)20)15-8-10-16(11-9-15)27(29)30/h4-11,20H,1-3,25H2. The van der Waals surface area contributed by atoms with Gasteiger partial charge < -0.3 is 5.73 Å². The second-order valence-corrected chi connectivity index (χ2v) is 7.58. The highest BCUT2D eigenvalue weighted by atomic mass is 35.5. The number of benzene rings is 2. The molecule has 0 amide bonds. The maximum Gasteiger partial charge on any atom is 0.269 e. The fourth-order valence-electron chi connectivity index (χ4n) is 4.09. The number of hydrogen-bond acceptors (Lipinski definition) is 6. The Kier molecular flexibility index (Phi) is 5.02. The van der Waals surface area contributed by atoms with Crippen molar-refractivity contribution in [3.8, 4) is 6.07 Å². The molecule has 7 nitrogen and oxygen atoms in total. The molecule has 1 atom stereocenters. The molecule has 0 bridgehead atoms. The van der Waals surface area contributed by atoms with E-state index in [0.717, 1.165) is 11.3 Å². The lowest BCUT2D eigenvalue weighted by Gasteiger charge is -2.39. The third kappa shape index (κ3) is 3.21. The second-order valence-electron chi connectivity index (χ2n) is 7.14. The van der Waals surface area contributed by atoms with Crippen LogP contribution in [-0.4, -0.2) is 10.7 Å². The normalized spacial score (nSPS) is 18.9. The molecule has 0 spiro atoms. The summed E-state index contributed by atoms with van der Waals surface area (Å²) in [6.45, 7) is 0. The van der Waals surface area contributed by atoms with Gasteiger partial charge in [0.2, 0.25) is 0 Å². The van der Waals surface area contributed by atoms with Crippen molar-refractivity contribution in [1.29, 1.82) is 5.26 Å². The van der Waals surface area contributed by atoms with Crippen LogP contribution in [0.2, 0.25) is 5.02 Å². The molecule has 8 heteroatoms. The van der Waals surface area contributed by atoms with Gasteiger partial charge >= 0.3 is 0 Å². The Labute approximate surface area is 177 Å². The van der Waals surface area contributed by atoms with Gasteiger partial charge in [-0.2, -0.15) is 5.26 Å². The summed E-state index contributed by atoms with van der Waals surface area (Å²) in [4.78, 5) is 25.2. The number of nitro benzene ring substituents is 1. The van der Waals surface area contributed by atoms with Crippen LogP contribution in [-0.2, 0) is 4.79 Å². The van der Waals surface area contributed by atoms with Crippen LogP contribution in [0.25, 0.3) is 0 Å². The molecule has 2 N–H and O–H groups in total. The minimum Gasteiger partial charge on any atom is -0.384 e. The lowest BCUT2D eigenvalue weighted by Crippen LogP contribution is -2.38. The average molecular weight is 421 g/mol. The Morgan fingerprint density at radius 1 is 1.13 bits per heavy atom. The zero-order valence-corrected chi connectivity index (χ0v) is 16.6. The SMILES string of the molecule is N#CC1=C(N)N(c2ccc([N+](=O)[O-])cc2)C2=C(C(=O)CCC2)C1c1ccc(Cl)cc1. The van der Waals surface area contributed by atoms with Crippen molar-refractivity contribution in [2.24, 2.45) is 5.73 Å². The molecule has 1 unspecified atom stereocenters. The van der Waals surface area contributed by atoms with Crippen LogP contribution in [0.4, 0.5) is 11.4 Å². The van der Waals surface area contributed by atoms with Crippen molar-refractivity contribution < 1.29 is 9.72 Å². The maximum atomic E-state index is 13.0. The largest absolute Gasteiger partial charge is 0.384 e. The number of hydrogen-bond donors (Lipinski definition) is 1. The Morgan fingerprint density at radius 3 is 2.40 bits per heavy atom. The van der Waals surface area contributed by atoms with E-state index in [1.54, 1.807) is 41.3 Å². The summed E-state index contributed by atoms with van der Waals surface area (Å²) < 4.78 is 0. The number of Topliss-reactive ketones (excluding diaryl/α,β-unsaturated/α-hetero) is 1. The summed E-state index contributed by atoms with van der Waals surface area (Å²) in [6, 6.07) is 15.1. The number of carbonyl (C=O) groups excluding carboxylic acids is 1. The summed E-state index contributed by atoms with van der Waals surface area (Å²) >= 11 is 6.02. The maximum absolute atomic E-state index is 13.0. The van der Waals surface area contributed by atoms with Gasteiger partial charge in [0, 0.05) is 40.5 Å². The van der Waals surface area contributed by atoms with Gasteiger partial charge in [-0.15, -0.1) is 0 Å². The molecular formula is C22H17ClN4O3. The van der Waals surface area contributed by atoms with Crippen LogP contribution in [0.5, 0.6) is 0 Å². The van der Waals surface area contributed by atoms with E-state index in [2.05, 4.69) is 6.07 Å². The predicted octanol–water partition coefficient (Wildman–Crippen LogP) is 4.55. The molecule has 0 radical (unpaired) electrons. The van der Waals surface area contributed by atoms with E-state index in [1.165, 1.54) is 12.1 Å². The van der Waals surface area contributed by atoms with E-state index >= 15 is 0 Å². The molecular weight excluding hydrogens is 404 g/mol. The molecule has 1 aliphatic carbocycles. The number of ketones is 1. The van der Waals surface area contributed by atoms with Crippen molar-refractivity contribution in [2.75, 3.05) is 4.90 Å². The minimum atomic E-state index is -0.565. The van der Waals surface area contributed by atoms with Gasteiger partial charge in [0.1, 0.15) is 5.82 Å². The molecule has 2 aliphatic rings. The number of non-ortho nitro benzene ring substituents is 1. The van der Waals surface area contributed by atoms with Gasteiger partial charge in [0.25, 0.3) is 5.69 Å². The fourth-order valence-corrected chi connectivity index (χ4v) is 4.22. The zero-order valence-electron chi connectivity index (χ0n) is 15.8. The van der Waals surface area contributed by atoms with Crippen molar-refractivity contribution in [1.82, 2.24) is 0 Å². The molecule has 1 heterocycles. The lowest BCUT2D eigenvalue weighted by atomic mass is 9.75. The molecule has 2 aromatic rings. The number of allylic oxidation sites excluding steroid dienone is 3. The predicted molar refractivity (Wildman–Crippen MR) is 112 cm³/mol. The monoisotopic (exact) mass is 420 g/mol.